The quantitative estimate of drug-likeness (QED) is 0.840. The number of likely N-dealkylation sites (tertiary alicyclic amines) is 1. The molecule has 0 amide bonds. The van der Waals surface area contributed by atoms with Gasteiger partial charge >= 0.3 is 0 Å². The SMILES string of the molecule is O=C1CCCCC1C1CCCCN1Cc1ccccc1F. The van der Waals surface area contributed by atoms with Crippen molar-refractivity contribution in [3.63, 3.8) is 0 Å². The van der Waals surface area contributed by atoms with Crippen LogP contribution in [0, 0.1) is 11.7 Å². The molecular formula is C18H24FNO. The fourth-order valence-electron chi connectivity index (χ4n) is 3.93. The first kappa shape index (κ1) is 14.7. The first-order chi connectivity index (χ1) is 10.3. The van der Waals surface area contributed by atoms with Crippen LogP contribution in [0.15, 0.2) is 24.3 Å². The van der Waals surface area contributed by atoms with E-state index in [-0.39, 0.29) is 11.7 Å². The lowest BCUT2D eigenvalue weighted by Crippen LogP contribution is -2.47. The molecule has 2 atom stereocenters. The number of nitrogens with zero attached hydrogens (tertiary/aromatic N) is 1. The van der Waals surface area contributed by atoms with Crippen molar-refractivity contribution in [3.8, 4) is 0 Å². The minimum atomic E-state index is -0.128. The second-order valence-corrected chi connectivity index (χ2v) is 6.44. The van der Waals surface area contributed by atoms with Crippen molar-refractivity contribution in [1.29, 1.82) is 0 Å². The van der Waals surface area contributed by atoms with Gasteiger partial charge in [0.1, 0.15) is 11.6 Å². The lowest BCUT2D eigenvalue weighted by molar-refractivity contribution is -0.127. The van der Waals surface area contributed by atoms with Crippen LogP contribution in [0.5, 0.6) is 0 Å². The summed E-state index contributed by atoms with van der Waals surface area (Å²) in [6, 6.07) is 7.34. The molecule has 114 valence electrons. The third-order valence-electron chi connectivity index (χ3n) is 5.06. The van der Waals surface area contributed by atoms with Gasteiger partial charge in [0.05, 0.1) is 0 Å². The van der Waals surface area contributed by atoms with E-state index >= 15 is 0 Å². The molecule has 3 rings (SSSR count). The normalized spacial score (nSPS) is 27.8. The first-order valence-electron chi connectivity index (χ1n) is 8.26. The molecule has 1 saturated carbocycles. The van der Waals surface area contributed by atoms with Gasteiger partial charge in [-0.1, -0.05) is 31.0 Å². The molecule has 0 radical (unpaired) electrons. The van der Waals surface area contributed by atoms with E-state index in [1.54, 1.807) is 6.07 Å². The molecule has 0 N–H and O–H groups in total. The van der Waals surface area contributed by atoms with Crippen molar-refractivity contribution in [2.75, 3.05) is 6.54 Å². The summed E-state index contributed by atoms with van der Waals surface area (Å²) in [4.78, 5) is 14.6. The Bertz CT molecular complexity index is 502. The Morgan fingerprint density at radius 3 is 2.71 bits per heavy atom. The summed E-state index contributed by atoms with van der Waals surface area (Å²) in [7, 11) is 0. The second-order valence-electron chi connectivity index (χ2n) is 6.44. The highest BCUT2D eigenvalue weighted by Crippen LogP contribution is 2.32. The Hall–Kier alpha value is -1.22. The predicted molar refractivity (Wildman–Crippen MR) is 81.4 cm³/mol. The molecule has 1 aromatic rings. The highest BCUT2D eigenvalue weighted by Gasteiger charge is 2.35. The van der Waals surface area contributed by atoms with Crippen LogP contribution in [0.2, 0.25) is 0 Å². The molecule has 1 aliphatic heterocycles. The number of hydrogen-bond acceptors (Lipinski definition) is 2. The highest BCUT2D eigenvalue weighted by atomic mass is 19.1. The van der Waals surface area contributed by atoms with Crippen LogP contribution in [0.25, 0.3) is 0 Å². The maximum atomic E-state index is 13.9. The average molecular weight is 289 g/mol. The minimum Gasteiger partial charge on any atom is -0.299 e. The van der Waals surface area contributed by atoms with Crippen LogP contribution in [0.3, 0.4) is 0 Å². The molecule has 0 aromatic heterocycles. The minimum absolute atomic E-state index is 0.128. The number of carbonyl (C=O) groups is 1. The Morgan fingerprint density at radius 2 is 1.90 bits per heavy atom. The standard InChI is InChI=1S/C18H24FNO/c19-16-9-3-1-7-14(16)13-20-12-6-5-10-17(20)15-8-2-4-11-18(15)21/h1,3,7,9,15,17H,2,4-6,8,10-13H2. The second kappa shape index (κ2) is 6.69. The summed E-state index contributed by atoms with van der Waals surface area (Å²) in [5.74, 6) is 0.495. The van der Waals surface area contributed by atoms with E-state index in [4.69, 9.17) is 0 Å². The highest BCUT2D eigenvalue weighted by molar-refractivity contribution is 5.82. The van der Waals surface area contributed by atoms with Crippen LogP contribution >= 0.6 is 0 Å². The molecule has 2 nitrogen and oxygen atoms in total. The van der Waals surface area contributed by atoms with Gasteiger partial charge in [-0.25, -0.2) is 4.39 Å². The number of Topliss-reactive ketones (excluding diaryl/α,β-unsaturated/α-hetero) is 1. The van der Waals surface area contributed by atoms with Crippen LogP contribution < -0.4 is 0 Å². The van der Waals surface area contributed by atoms with Gasteiger partial charge in [-0.05, 0) is 38.3 Å². The topological polar surface area (TPSA) is 20.3 Å². The van der Waals surface area contributed by atoms with Crippen LogP contribution in [0.1, 0.15) is 50.5 Å². The summed E-state index contributed by atoms with van der Waals surface area (Å²) >= 11 is 0. The molecule has 3 heteroatoms. The van der Waals surface area contributed by atoms with E-state index < -0.39 is 0 Å². The van der Waals surface area contributed by atoms with Crippen LogP contribution in [-0.2, 0) is 11.3 Å². The van der Waals surface area contributed by atoms with Gasteiger partial charge in [0.15, 0.2) is 0 Å². The van der Waals surface area contributed by atoms with Gasteiger partial charge < -0.3 is 0 Å². The van der Waals surface area contributed by atoms with Crippen molar-refractivity contribution >= 4 is 5.78 Å². The zero-order chi connectivity index (χ0) is 14.7. The van der Waals surface area contributed by atoms with Crippen molar-refractivity contribution < 1.29 is 9.18 Å². The van der Waals surface area contributed by atoms with E-state index in [0.29, 0.717) is 18.4 Å². The van der Waals surface area contributed by atoms with E-state index in [9.17, 15) is 9.18 Å². The number of carbonyl (C=O) groups excluding carboxylic acids is 1. The van der Waals surface area contributed by atoms with Gasteiger partial charge in [-0.15, -0.1) is 0 Å². The molecular weight excluding hydrogens is 265 g/mol. The van der Waals surface area contributed by atoms with Crippen LogP contribution in [0.4, 0.5) is 4.39 Å². The monoisotopic (exact) mass is 289 g/mol. The van der Waals surface area contributed by atoms with Gasteiger partial charge in [-0.2, -0.15) is 0 Å². The van der Waals surface area contributed by atoms with E-state index in [0.717, 1.165) is 44.2 Å². The number of ketones is 1. The third kappa shape index (κ3) is 3.34. The lowest BCUT2D eigenvalue weighted by Gasteiger charge is -2.41. The molecule has 1 aromatic carbocycles. The molecule has 2 unspecified atom stereocenters. The van der Waals surface area contributed by atoms with E-state index in [1.165, 1.54) is 18.9 Å². The summed E-state index contributed by atoms with van der Waals surface area (Å²) < 4.78 is 13.9. The first-order valence-corrected chi connectivity index (χ1v) is 8.26. The summed E-state index contributed by atoms with van der Waals surface area (Å²) in [6.45, 7) is 1.63. The number of benzene rings is 1. The number of hydrogen-bond donors (Lipinski definition) is 0. The Kier molecular flexibility index (Phi) is 4.69. The maximum absolute atomic E-state index is 13.9. The molecule has 2 fully saturated rings. The number of piperidine rings is 1. The largest absolute Gasteiger partial charge is 0.299 e. The summed E-state index contributed by atoms with van der Waals surface area (Å²) in [6.07, 6.45) is 7.43. The van der Waals surface area contributed by atoms with E-state index in [1.807, 2.05) is 12.1 Å². The van der Waals surface area contributed by atoms with Gasteiger partial charge in [-0.3, -0.25) is 9.69 Å². The zero-order valence-corrected chi connectivity index (χ0v) is 12.6. The Balaban J connectivity index is 1.75. The molecule has 1 saturated heterocycles. The van der Waals surface area contributed by atoms with Gasteiger partial charge in [0, 0.05) is 30.5 Å². The Morgan fingerprint density at radius 1 is 1.10 bits per heavy atom. The number of halogens is 1. The van der Waals surface area contributed by atoms with Gasteiger partial charge in [0.25, 0.3) is 0 Å². The molecule has 1 heterocycles. The predicted octanol–water partition coefficient (Wildman–Crippen LogP) is 3.94. The molecule has 1 aliphatic carbocycles. The average Bonchev–Trinajstić information content (AvgIpc) is 2.51. The number of rotatable bonds is 3. The molecule has 21 heavy (non-hydrogen) atoms. The smallest absolute Gasteiger partial charge is 0.137 e. The van der Waals surface area contributed by atoms with Crippen molar-refractivity contribution in [3.05, 3.63) is 35.6 Å². The molecule has 0 bridgehead atoms. The maximum Gasteiger partial charge on any atom is 0.137 e. The van der Waals surface area contributed by atoms with Crippen molar-refractivity contribution in [2.24, 2.45) is 5.92 Å². The third-order valence-corrected chi connectivity index (χ3v) is 5.06. The molecule has 2 aliphatic rings. The van der Waals surface area contributed by atoms with Crippen molar-refractivity contribution in [1.82, 2.24) is 4.90 Å². The van der Waals surface area contributed by atoms with Gasteiger partial charge in [0.2, 0.25) is 0 Å². The fourth-order valence-corrected chi connectivity index (χ4v) is 3.93. The molecule has 0 spiro atoms. The van der Waals surface area contributed by atoms with E-state index in [2.05, 4.69) is 4.90 Å². The lowest BCUT2D eigenvalue weighted by atomic mass is 9.79. The zero-order valence-electron chi connectivity index (χ0n) is 12.6. The van der Waals surface area contributed by atoms with Crippen molar-refractivity contribution in [2.45, 2.75) is 57.5 Å². The summed E-state index contributed by atoms with van der Waals surface area (Å²) in [5, 5.41) is 0. The Labute approximate surface area is 126 Å². The summed E-state index contributed by atoms with van der Waals surface area (Å²) in [5.41, 5.74) is 0.757. The fraction of sp³-hybridized carbons (Fsp3) is 0.611. The van der Waals surface area contributed by atoms with Crippen LogP contribution in [-0.4, -0.2) is 23.3 Å².